The highest BCUT2D eigenvalue weighted by Crippen LogP contribution is 2.30. The van der Waals surface area contributed by atoms with Gasteiger partial charge in [-0.3, -0.25) is 4.99 Å². The Hall–Kier alpha value is -1.75. The number of phenols is 1. The standard InChI is InChI=1S/C21H33N3O2/c1-22-21(24(2)12-9-16-10-13-26-14-11-16)23-15-19-18-6-4-3-5-17(18)7-8-20(19)25/h7-8,16,25H,3-6,9-15H2,1-2H3,(H,22,23). The quantitative estimate of drug-likeness (QED) is 0.627. The second-order valence-corrected chi connectivity index (χ2v) is 7.57. The summed E-state index contributed by atoms with van der Waals surface area (Å²) in [6.07, 6.45) is 8.17. The lowest BCUT2D eigenvalue weighted by Gasteiger charge is -2.27. The fraction of sp³-hybridized carbons (Fsp3) is 0.667. The lowest BCUT2D eigenvalue weighted by Crippen LogP contribution is -2.40. The van der Waals surface area contributed by atoms with Gasteiger partial charge < -0.3 is 20.1 Å². The molecule has 0 radical (unpaired) electrons. The largest absolute Gasteiger partial charge is 0.508 e. The van der Waals surface area contributed by atoms with Crippen molar-refractivity contribution < 1.29 is 9.84 Å². The van der Waals surface area contributed by atoms with Gasteiger partial charge in [0.15, 0.2) is 5.96 Å². The Bertz CT molecular complexity index is 624. The van der Waals surface area contributed by atoms with Crippen LogP contribution in [0, 0.1) is 5.92 Å². The van der Waals surface area contributed by atoms with Gasteiger partial charge >= 0.3 is 0 Å². The van der Waals surface area contributed by atoms with Gasteiger partial charge in [-0.25, -0.2) is 0 Å². The van der Waals surface area contributed by atoms with E-state index in [4.69, 9.17) is 4.74 Å². The number of phenolic OH excluding ortho intramolecular Hbond substituents is 1. The molecule has 1 aliphatic heterocycles. The molecule has 1 heterocycles. The molecule has 1 aromatic carbocycles. The van der Waals surface area contributed by atoms with Gasteiger partial charge in [-0.15, -0.1) is 0 Å². The van der Waals surface area contributed by atoms with Crippen molar-refractivity contribution in [2.45, 2.75) is 51.5 Å². The van der Waals surface area contributed by atoms with Crippen molar-refractivity contribution in [1.82, 2.24) is 10.2 Å². The Morgan fingerprint density at radius 1 is 1.27 bits per heavy atom. The van der Waals surface area contributed by atoms with Gasteiger partial charge in [0, 0.05) is 46.0 Å². The Morgan fingerprint density at radius 3 is 2.81 bits per heavy atom. The molecule has 3 rings (SSSR count). The van der Waals surface area contributed by atoms with Gasteiger partial charge in [0.05, 0.1) is 0 Å². The molecule has 0 bridgehead atoms. The molecule has 1 aromatic rings. The molecule has 26 heavy (non-hydrogen) atoms. The van der Waals surface area contributed by atoms with Crippen LogP contribution in [0.25, 0.3) is 0 Å². The fourth-order valence-corrected chi connectivity index (χ4v) is 4.16. The van der Waals surface area contributed by atoms with E-state index in [1.54, 1.807) is 0 Å². The SMILES string of the molecule is CN=C(NCc1c(O)ccc2c1CCCC2)N(C)CCC1CCOCC1. The summed E-state index contributed by atoms with van der Waals surface area (Å²) in [4.78, 5) is 6.63. The number of benzene rings is 1. The lowest BCUT2D eigenvalue weighted by atomic mass is 9.88. The van der Waals surface area contributed by atoms with Crippen molar-refractivity contribution in [2.24, 2.45) is 10.9 Å². The predicted octanol–water partition coefficient (Wildman–Crippen LogP) is 3.09. The van der Waals surface area contributed by atoms with Crippen LogP contribution in [0.2, 0.25) is 0 Å². The number of hydrogen-bond acceptors (Lipinski definition) is 3. The number of guanidine groups is 1. The molecule has 5 nitrogen and oxygen atoms in total. The minimum absolute atomic E-state index is 0.401. The number of aromatic hydroxyl groups is 1. The molecule has 2 aliphatic rings. The van der Waals surface area contributed by atoms with Crippen molar-refractivity contribution >= 4 is 5.96 Å². The second kappa shape index (κ2) is 9.26. The summed E-state index contributed by atoms with van der Waals surface area (Å²) in [6, 6.07) is 3.93. The molecule has 0 amide bonds. The summed E-state index contributed by atoms with van der Waals surface area (Å²) < 4.78 is 5.45. The second-order valence-electron chi connectivity index (χ2n) is 7.57. The normalized spacial score (nSPS) is 18.5. The average molecular weight is 360 g/mol. The number of fused-ring (bicyclic) bond motifs is 1. The topological polar surface area (TPSA) is 57.1 Å². The van der Waals surface area contributed by atoms with Crippen LogP contribution < -0.4 is 5.32 Å². The average Bonchev–Trinajstić information content (AvgIpc) is 2.69. The molecule has 1 aliphatic carbocycles. The first-order valence-corrected chi connectivity index (χ1v) is 10.0. The molecular weight excluding hydrogens is 326 g/mol. The summed E-state index contributed by atoms with van der Waals surface area (Å²) in [7, 11) is 3.92. The number of ether oxygens (including phenoxy) is 1. The molecule has 5 heteroatoms. The van der Waals surface area contributed by atoms with E-state index in [0.717, 1.165) is 50.0 Å². The van der Waals surface area contributed by atoms with Crippen LogP contribution in [0.15, 0.2) is 17.1 Å². The van der Waals surface area contributed by atoms with Gasteiger partial charge in [0.2, 0.25) is 0 Å². The predicted molar refractivity (Wildman–Crippen MR) is 106 cm³/mol. The summed E-state index contributed by atoms with van der Waals surface area (Å²) in [5, 5.41) is 13.8. The molecule has 1 saturated heterocycles. The molecule has 0 atom stereocenters. The molecule has 1 fully saturated rings. The van der Waals surface area contributed by atoms with E-state index in [0.29, 0.717) is 12.3 Å². The van der Waals surface area contributed by atoms with Gasteiger partial charge in [-0.05, 0) is 68.1 Å². The lowest BCUT2D eigenvalue weighted by molar-refractivity contribution is 0.0625. The van der Waals surface area contributed by atoms with Crippen LogP contribution in [0.5, 0.6) is 5.75 Å². The number of nitrogens with one attached hydrogen (secondary N) is 1. The molecule has 0 unspecified atom stereocenters. The first-order valence-electron chi connectivity index (χ1n) is 10.0. The van der Waals surface area contributed by atoms with Crippen molar-refractivity contribution in [3.05, 3.63) is 28.8 Å². The van der Waals surface area contributed by atoms with Crippen molar-refractivity contribution in [1.29, 1.82) is 0 Å². The van der Waals surface area contributed by atoms with E-state index in [2.05, 4.69) is 28.3 Å². The van der Waals surface area contributed by atoms with Crippen LogP contribution in [-0.4, -0.2) is 49.8 Å². The number of aliphatic imine (C=N–C) groups is 1. The summed E-state index contributed by atoms with van der Waals surface area (Å²) >= 11 is 0. The monoisotopic (exact) mass is 359 g/mol. The van der Waals surface area contributed by atoms with Gasteiger partial charge in [-0.1, -0.05) is 6.07 Å². The number of aryl methyl sites for hydroxylation is 1. The summed E-state index contributed by atoms with van der Waals surface area (Å²) in [5.74, 6) is 2.05. The number of nitrogens with zero attached hydrogens (tertiary/aromatic N) is 2. The van der Waals surface area contributed by atoms with Gasteiger partial charge in [0.25, 0.3) is 0 Å². The number of rotatable bonds is 5. The molecule has 0 aromatic heterocycles. The van der Waals surface area contributed by atoms with Crippen molar-refractivity contribution in [3.63, 3.8) is 0 Å². The first-order chi connectivity index (χ1) is 12.7. The smallest absolute Gasteiger partial charge is 0.193 e. The maximum Gasteiger partial charge on any atom is 0.193 e. The highest BCUT2D eigenvalue weighted by molar-refractivity contribution is 5.79. The molecular formula is C21H33N3O2. The van der Waals surface area contributed by atoms with Crippen LogP contribution in [0.1, 0.15) is 48.8 Å². The zero-order valence-corrected chi connectivity index (χ0v) is 16.3. The van der Waals surface area contributed by atoms with Gasteiger partial charge in [-0.2, -0.15) is 0 Å². The highest BCUT2D eigenvalue weighted by Gasteiger charge is 2.18. The zero-order chi connectivity index (χ0) is 18.4. The van der Waals surface area contributed by atoms with E-state index in [1.165, 1.54) is 43.2 Å². The highest BCUT2D eigenvalue weighted by atomic mass is 16.5. The minimum atomic E-state index is 0.401. The first kappa shape index (κ1) is 19.0. The van der Waals surface area contributed by atoms with Gasteiger partial charge in [0.1, 0.15) is 5.75 Å². The van der Waals surface area contributed by atoms with E-state index in [-0.39, 0.29) is 0 Å². The van der Waals surface area contributed by atoms with Crippen molar-refractivity contribution in [3.8, 4) is 5.75 Å². The molecule has 2 N–H and O–H groups in total. The minimum Gasteiger partial charge on any atom is -0.508 e. The van der Waals surface area contributed by atoms with Crippen LogP contribution in [0.4, 0.5) is 0 Å². The Kier molecular flexibility index (Phi) is 6.78. The Labute approximate surface area is 157 Å². The third kappa shape index (κ3) is 4.70. The maximum absolute atomic E-state index is 10.4. The summed E-state index contributed by atoms with van der Waals surface area (Å²) in [6.45, 7) is 3.42. The van der Waals surface area contributed by atoms with Crippen LogP contribution in [-0.2, 0) is 24.1 Å². The van der Waals surface area contributed by atoms with E-state index < -0.39 is 0 Å². The number of hydrogen-bond donors (Lipinski definition) is 2. The maximum atomic E-state index is 10.4. The van der Waals surface area contributed by atoms with E-state index >= 15 is 0 Å². The van der Waals surface area contributed by atoms with E-state index in [1.807, 2.05) is 13.1 Å². The third-order valence-electron chi connectivity index (χ3n) is 5.84. The Morgan fingerprint density at radius 2 is 2.04 bits per heavy atom. The molecule has 0 spiro atoms. The summed E-state index contributed by atoms with van der Waals surface area (Å²) in [5.41, 5.74) is 3.78. The van der Waals surface area contributed by atoms with Crippen LogP contribution >= 0.6 is 0 Å². The van der Waals surface area contributed by atoms with Crippen LogP contribution in [0.3, 0.4) is 0 Å². The molecule has 0 saturated carbocycles. The Balaban J connectivity index is 1.57. The van der Waals surface area contributed by atoms with E-state index in [9.17, 15) is 5.11 Å². The zero-order valence-electron chi connectivity index (χ0n) is 16.3. The van der Waals surface area contributed by atoms with Crippen molar-refractivity contribution in [2.75, 3.05) is 33.9 Å². The third-order valence-corrected chi connectivity index (χ3v) is 5.84. The molecule has 144 valence electrons. The fourth-order valence-electron chi connectivity index (χ4n) is 4.16.